The average molecular weight is 409 g/mol. The molecular formula is C24H27NO5. The van der Waals surface area contributed by atoms with Crippen LogP contribution in [0.4, 0.5) is 0 Å². The molecule has 6 heteroatoms. The molecule has 1 saturated heterocycles. The highest BCUT2D eigenvalue weighted by molar-refractivity contribution is 5.75. The zero-order valence-corrected chi connectivity index (χ0v) is 17.2. The number of hydrogen-bond acceptors (Lipinski definition) is 6. The van der Waals surface area contributed by atoms with Crippen LogP contribution in [0.15, 0.2) is 48.5 Å². The van der Waals surface area contributed by atoms with Crippen molar-refractivity contribution in [2.75, 3.05) is 19.8 Å². The molecule has 2 aromatic carbocycles. The molecule has 30 heavy (non-hydrogen) atoms. The summed E-state index contributed by atoms with van der Waals surface area (Å²) in [6.45, 7) is 3.35. The average Bonchev–Trinajstić information content (AvgIpc) is 2.80. The maximum absolute atomic E-state index is 12.3. The summed E-state index contributed by atoms with van der Waals surface area (Å²) in [5, 5.41) is 8.82. The van der Waals surface area contributed by atoms with Crippen LogP contribution in [0.5, 0.6) is 11.5 Å². The standard InChI is InChI=1S/C24H27NO5/c1-2-3-4-5-14-27-21-12-8-19(9-13-21)24-28-16-20(17-29-24)23(26)30-22-10-6-18(15-25)7-11-22/h6-13,20,24H,2-5,14,16-17H2,1H3/t20-,24-. The first-order valence-electron chi connectivity index (χ1n) is 10.4. The van der Waals surface area contributed by atoms with E-state index in [-0.39, 0.29) is 13.2 Å². The van der Waals surface area contributed by atoms with E-state index in [1.54, 1.807) is 24.3 Å². The summed E-state index contributed by atoms with van der Waals surface area (Å²) in [7, 11) is 0. The first-order chi connectivity index (χ1) is 14.7. The van der Waals surface area contributed by atoms with Crippen LogP contribution in [0.1, 0.15) is 50.0 Å². The highest BCUT2D eigenvalue weighted by Crippen LogP contribution is 2.27. The van der Waals surface area contributed by atoms with E-state index in [0.29, 0.717) is 11.3 Å². The number of hydrogen-bond donors (Lipinski definition) is 0. The Bertz CT molecular complexity index is 833. The van der Waals surface area contributed by atoms with Gasteiger partial charge in [-0.3, -0.25) is 4.79 Å². The first kappa shape index (κ1) is 21.8. The van der Waals surface area contributed by atoms with Gasteiger partial charge in [-0.15, -0.1) is 0 Å². The molecular weight excluding hydrogens is 382 g/mol. The summed E-state index contributed by atoms with van der Waals surface area (Å²) in [5.41, 5.74) is 1.39. The Balaban J connectivity index is 1.43. The lowest BCUT2D eigenvalue weighted by Crippen LogP contribution is -2.35. The zero-order chi connectivity index (χ0) is 21.2. The van der Waals surface area contributed by atoms with Crippen molar-refractivity contribution in [3.8, 4) is 17.6 Å². The normalized spacial score (nSPS) is 18.4. The molecule has 0 unspecified atom stereocenters. The summed E-state index contributed by atoms with van der Waals surface area (Å²) < 4.78 is 22.6. The van der Waals surface area contributed by atoms with Crippen molar-refractivity contribution in [1.29, 1.82) is 5.26 Å². The Hall–Kier alpha value is -2.88. The number of nitriles is 1. The third kappa shape index (κ3) is 6.31. The highest BCUT2D eigenvalue weighted by atomic mass is 16.7. The van der Waals surface area contributed by atoms with Gasteiger partial charge in [0.25, 0.3) is 0 Å². The summed E-state index contributed by atoms with van der Waals surface area (Å²) in [5.74, 6) is 0.314. The minimum Gasteiger partial charge on any atom is -0.494 e. The molecule has 0 amide bonds. The summed E-state index contributed by atoms with van der Waals surface area (Å²) >= 11 is 0. The molecule has 3 rings (SSSR count). The van der Waals surface area contributed by atoms with Crippen LogP contribution in [0.3, 0.4) is 0 Å². The molecule has 0 atom stereocenters. The van der Waals surface area contributed by atoms with Crippen molar-refractivity contribution >= 4 is 5.97 Å². The number of carbonyl (C=O) groups is 1. The fourth-order valence-electron chi connectivity index (χ4n) is 3.07. The van der Waals surface area contributed by atoms with E-state index in [1.165, 1.54) is 19.3 Å². The molecule has 0 aromatic heterocycles. The lowest BCUT2D eigenvalue weighted by Gasteiger charge is -2.28. The van der Waals surface area contributed by atoms with Crippen LogP contribution >= 0.6 is 0 Å². The fraction of sp³-hybridized carbons (Fsp3) is 0.417. The number of unbranched alkanes of at least 4 members (excludes halogenated alkanes) is 3. The predicted octanol–water partition coefficient (Wildman–Crippen LogP) is 4.78. The van der Waals surface area contributed by atoms with E-state index in [2.05, 4.69) is 6.92 Å². The summed E-state index contributed by atoms with van der Waals surface area (Å²) in [4.78, 5) is 12.3. The number of nitrogens with zero attached hydrogens (tertiary/aromatic N) is 1. The van der Waals surface area contributed by atoms with Gasteiger partial charge in [-0.25, -0.2) is 0 Å². The largest absolute Gasteiger partial charge is 0.494 e. The van der Waals surface area contributed by atoms with Gasteiger partial charge in [-0.1, -0.05) is 38.3 Å². The minimum atomic E-state index is -0.512. The van der Waals surface area contributed by atoms with Gasteiger partial charge < -0.3 is 18.9 Å². The Morgan fingerprint density at radius 2 is 1.67 bits per heavy atom. The molecule has 0 spiro atoms. The van der Waals surface area contributed by atoms with Crippen LogP contribution < -0.4 is 9.47 Å². The van der Waals surface area contributed by atoms with Crippen molar-refractivity contribution in [2.24, 2.45) is 5.92 Å². The summed E-state index contributed by atoms with van der Waals surface area (Å²) in [6.07, 6.45) is 4.19. The number of rotatable bonds is 9. The Kier molecular flexibility index (Phi) is 8.25. The van der Waals surface area contributed by atoms with Gasteiger partial charge in [0.15, 0.2) is 6.29 Å². The van der Waals surface area contributed by atoms with Gasteiger partial charge in [0.05, 0.1) is 31.5 Å². The van der Waals surface area contributed by atoms with E-state index in [1.807, 2.05) is 30.3 Å². The number of ether oxygens (including phenoxy) is 4. The number of carbonyl (C=O) groups excluding carboxylic acids is 1. The molecule has 6 nitrogen and oxygen atoms in total. The lowest BCUT2D eigenvalue weighted by molar-refractivity contribution is -0.210. The molecule has 1 heterocycles. The van der Waals surface area contributed by atoms with Crippen LogP contribution in [0, 0.1) is 17.2 Å². The van der Waals surface area contributed by atoms with E-state index in [4.69, 9.17) is 24.2 Å². The van der Waals surface area contributed by atoms with Gasteiger partial charge >= 0.3 is 5.97 Å². The Morgan fingerprint density at radius 1 is 1.00 bits per heavy atom. The van der Waals surface area contributed by atoms with Gasteiger partial charge in [0.2, 0.25) is 0 Å². The number of esters is 1. The van der Waals surface area contributed by atoms with Crippen LogP contribution in [-0.2, 0) is 14.3 Å². The Labute approximate surface area is 177 Å². The molecule has 1 fully saturated rings. The van der Waals surface area contributed by atoms with Gasteiger partial charge in [-0.05, 0) is 42.8 Å². The van der Waals surface area contributed by atoms with Crippen molar-refractivity contribution in [2.45, 2.75) is 38.9 Å². The van der Waals surface area contributed by atoms with Crippen molar-refractivity contribution in [1.82, 2.24) is 0 Å². The van der Waals surface area contributed by atoms with Crippen LogP contribution in [0.2, 0.25) is 0 Å². The maximum atomic E-state index is 12.3. The van der Waals surface area contributed by atoms with Crippen molar-refractivity contribution in [3.05, 3.63) is 59.7 Å². The molecule has 0 bridgehead atoms. The summed E-state index contributed by atoms with van der Waals surface area (Å²) in [6, 6.07) is 16.1. The molecule has 0 N–H and O–H groups in total. The quantitative estimate of drug-likeness (QED) is 0.337. The lowest BCUT2D eigenvalue weighted by atomic mass is 10.1. The van der Waals surface area contributed by atoms with Gasteiger partial charge in [-0.2, -0.15) is 5.26 Å². The molecule has 0 radical (unpaired) electrons. The fourth-order valence-corrected chi connectivity index (χ4v) is 3.07. The second-order valence-electron chi connectivity index (χ2n) is 7.23. The van der Waals surface area contributed by atoms with Crippen LogP contribution in [0.25, 0.3) is 0 Å². The maximum Gasteiger partial charge on any atom is 0.319 e. The predicted molar refractivity (Wildman–Crippen MR) is 111 cm³/mol. The monoisotopic (exact) mass is 409 g/mol. The second kappa shape index (κ2) is 11.3. The van der Waals surface area contributed by atoms with Crippen molar-refractivity contribution in [3.63, 3.8) is 0 Å². The minimum absolute atomic E-state index is 0.218. The molecule has 0 saturated carbocycles. The molecule has 158 valence electrons. The van der Waals surface area contributed by atoms with Crippen LogP contribution in [-0.4, -0.2) is 25.8 Å². The van der Waals surface area contributed by atoms with Gasteiger partial charge in [0, 0.05) is 5.56 Å². The van der Waals surface area contributed by atoms with Gasteiger partial charge in [0.1, 0.15) is 17.4 Å². The third-order valence-corrected chi connectivity index (χ3v) is 4.85. The van der Waals surface area contributed by atoms with E-state index < -0.39 is 18.2 Å². The third-order valence-electron chi connectivity index (χ3n) is 4.85. The molecule has 2 aromatic rings. The highest BCUT2D eigenvalue weighted by Gasteiger charge is 2.30. The van der Waals surface area contributed by atoms with E-state index >= 15 is 0 Å². The smallest absolute Gasteiger partial charge is 0.319 e. The van der Waals surface area contributed by atoms with E-state index in [0.717, 1.165) is 24.3 Å². The van der Waals surface area contributed by atoms with Crippen molar-refractivity contribution < 1.29 is 23.7 Å². The second-order valence-corrected chi connectivity index (χ2v) is 7.23. The zero-order valence-electron chi connectivity index (χ0n) is 17.2. The molecule has 0 aliphatic carbocycles. The first-order valence-corrected chi connectivity index (χ1v) is 10.4. The molecule has 1 aliphatic rings. The number of benzene rings is 2. The Morgan fingerprint density at radius 3 is 2.30 bits per heavy atom. The SMILES string of the molecule is CCCCCCOc1ccc([C@H]2OC[C@H](C(=O)Oc3ccc(C#N)cc3)CO2)cc1. The molecule has 1 aliphatic heterocycles. The van der Waals surface area contributed by atoms with E-state index in [9.17, 15) is 4.79 Å². The topological polar surface area (TPSA) is 77.8 Å².